The number of rotatable bonds is 5. The van der Waals surface area contributed by atoms with Crippen molar-refractivity contribution in [1.82, 2.24) is 19.9 Å². The molecule has 3 N–H and O–H groups in total. The van der Waals surface area contributed by atoms with Gasteiger partial charge >= 0.3 is 0 Å². The fraction of sp³-hybridized carbons (Fsp3) is 0.455. The van der Waals surface area contributed by atoms with E-state index >= 15 is 0 Å². The van der Waals surface area contributed by atoms with Crippen LogP contribution < -0.4 is 16.0 Å². The summed E-state index contributed by atoms with van der Waals surface area (Å²) in [6.45, 7) is 5.58. The Bertz CT molecular complexity index is 540. The summed E-state index contributed by atoms with van der Waals surface area (Å²) < 4.78 is 0. The van der Waals surface area contributed by atoms with Gasteiger partial charge in [0.2, 0.25) is 5.95 Å². The number of hydrogen-bond acceptors (Lipinski definition) is 7. The van der Waals surface area contributed by atoms with Gasteiger partial charge in [0.15, 0.2) is 11.6 Å². The monoisotopic (exact) mass is 247 g/mol. The van der Waals surface area contributed by atoms with E-state index in [9.17, 15) is 0 Å². The van der Waals surface area contributed by atoms with Crippen molar-refractivity contribution >= 4 is 28.6 Å². The Morgan fingerprint density at radius 3 is 2.33 bits per heavy atom. The molecule has 2 aromatic heterocycles. The summed E-state index contributed by atoms with van der Waals surface area (Å²) in [5.41, 5.74) is 1.44. The molecule has 0 atom stereocenters. The maximum atomic E-state index is 4.41. The van der Waals surface area contributed by atoms with Crippen LogP contribution in [-0.2, 0) is 0 Å². The largest absolute Gasteiger partial charge is 0.368 e. The molecule has 0 aliphatic rings. The number of hydrogen-bond donors (Lipinski definition) is 3. The molecular formula is C11H17N7. The van der Waals surface area contributed by atoms with E-state index < -0.39 is 0 Å². The molecule has 0 saturated heterocycles. The van der Waals surface area contributed by atoms with Gasteiger partial charge < -0.3 is 16.0 Å². The van der Waals surface area contributed by atoms with Gasteiger partial charge in [-0.2, -0.15) is 4.98 Å². The van der Waals surface area contributed by atoms with Gasteiger partial charge in [-0.15, -0.1) is 0 Å². The third-order valence-electron chi connectivity index (χ3n) is 2.39. The van der Waals surface area contributed by atoms with Crippen LogP contribution in [0.4, 0.5) is 17.6 Å². The van der Waals surface area contributed by atoms with E-state index in [1.54, 1.807) is 7.05 Å². The van der Waals surface area contributed by atoms with Crippen LogP contribution in [-0.4, -0.2) is 40.1 Å². The second-order valence-electron chi connectivity index (χ2n) is 3.63. The Morgan fingerprint density at radius 1 is 0.944 bits per heavy atom. The van der Waals surface area contributed by atoms with Crippen LogP contribution in [0.2, 0.25) is 0 Å². The van der Waals surface area contributed by atoms with Gasteiger partial charge in [0, 0.05) is 20.1 Å². The smallest absolute Gasteiger partial charge is 0.225 e. The first-order valence-corrected chi connectivity index (χ1v) is 5.98. The van der Waals surface area contributed by atoms with Crippen LogP contribution >= 0.6 is 0 Å². The lowest BCUT2D eigenvalue weighted by Gasteiger charge is -2.10. The Morgan fingerprint density at radius 2 is 1.67 bits per heavy atom. The summed E-state index contributed by atoms with van der Waals surface area (Å²) in [6.07, 6.45) is 1.52. The summed E-state index contributed by atoms with van der Waals surface area (Å²) in [7, 11) is 1.79. The third kappa shape index (κ3) is 2.24. The topological polar surface area (TPSA) is 87.7 Å². The van der Waals surface area contributed by atoms with Crippen molar-refractivity contribution in [3.63, 3.8) is 0 Å². The number of nitrogens with zero attached hydrogens (tertiary/aromatic N) is 4. The molecule has 0 saturated carbocycles. The van der Waals surface area contributed by atoms with Crippen molar-refractivity contribution in [1.29, 1.82) is 0 Å². The molecule has 0 aromatic carbocycles. The molecule has 0 spiro atoms. The van der Waals surface area contributed by atoms with Crippen LogP contribution in [0.5, 0.6) is 0 Å². The van der Waals surface area contributed by atoms with Gasteiger partial charge in [0.25, 0.3) is 0 Å². The maximum Gasteiger partial charge on any atom is 0.225 e. The van der Waals surface area contributed by atoms with Crippen molar-refractivity contribution < 1.29 is 0 Å². The first kappa shape index (κ1) is 12.3. The quantitative estimate of drug-likeness (QED) is 0.734. The highest BCUT2D eigenvalue weighted by molar-refractivity contribution is 5.93. The minimum Gasteiger partial charge on any atom is -0.368 e. The predicted molar refractivity (Wildman–Crippen MR) is 73.0 cm³/mol. The average Bonchev–Trinajstić information content (AvgIpc) is 2.40. The molecular weight excluding hydrogens is 230 g/mol. The Labute approximate surface area is 105 Å². The number of anilines is 3. The summed E-state index contributed by atoms with van der Waals surface area (Å²) in [5, 5.41) is 9.30. The van der Waals surface area contributed by atoms with Crippen LogP contribution in [0.3, 0.4) is 0 Å². The van der Waals surface area contributed by atoms with Gasteiger partial charge in [-0.25, -0.2) is 15.0 Å². The molecule has 0 aliphatic carbocycles. The van der Waals surface area contributed by atoms with Crippen molar-refractivity contribution in [3.8, 4) is 0 Å². The molecule has 2 aromatic rings. The number of nitrogens with one attached hydrogen (secondary N) is 3. The molecule has 7 heteroatoms. The normalized spacial score (nSPS) is 10.4. The van der Waals surface area contributed by atoms with E-state index in [4.69, 9.17) is 0 Å². The van der Waals surface area contributed by atoms with Crippen molar-refractivity contribution in [2.24, 2.45) is 0 Å². The molecule has 18 heavy (non-hydrogen) atoms. The van der Waals surface area contributed by atoms with Crippen molar-refractivity contribution in [3.05, 3.63) is 6.33 Å². The Hall–Kier alpha value is -2.18. The van der Waals surface area contributed by atoms with Gasteiger partial charge in [0.05, 0.1) is 0 Å². The lowest BCUT2D eigenvalue weighted by molar-refractivity contribution is 1.09. The van der Waals surface area contributed by atoms with Crippen molar-refractivity contribution in [2.75, 3.05) is 36.1 Å². The van der Waals surface area contributed by atoms with E-state index in [0.717, 1.165) is 29.9 Å². The molecule has 0 radical (unpaired) electrons. The standard InChI is InChI=1S/C11H17N7/c1-4-13-9-8-7(15-6-16-9)10(14-5-2)18-11(12-3)17-8/h6H,4-5H2,1-3H3,(H,13,15,16)(H2,12,14,17,18). The lowest BCUT2D eigenvalue weighted by atomic mass is 10.3. The van der Waals surface area contributed by atoms with E-state index in [1.807, 2.05) is 13.8 Å². The fourth-order valence-electron chi connectivity index (χ4n) is 1.65. The first-order valence-electron chi connectivity index (χ1n) is 5.98. The zero-order valence-electron chi connectivity index (χ0n) is 10.8. The van der Waals surface area contributed by atoms with Gasteiger partial charge in [0.1, 0.15) is 17.4 Å². The van der Waals surface area contributed by atoms with Crippen LogP contribution in [0, 0.1) is 0 Å². The van der Waals surface area contributed by atoms with E-state index in [2.05, 4.69) is 35.9 Å². The van der Waals surface area contributed by atoms with Crippen molar-refractivity contribution in [2.45, 2.75) is 13.8 Å². The maximum absolute atomic E-state index is 4.41. The van der Waals surface area contributed by atoms with Crippen LogP contribution in [0.15, 0.2) is 6.33 Å². The van der Waals surface area contributed by atoms with Gasteiger partial charge in [-0.3, -0.25) is 0 Å². The van der Waals surface area contributed by atoms with Gasteiger partial charge in [-0.1, -0.05) is 0 Å². The second kappa shape index (κ2) is 5.44. The summed E-state index contributed by atoms with van der Waals surface area (Å²) >= 11 is 0. The second-order valence-corrected chi connectivity index (χ2v) is 3.63. The highest BCUT2D eigenvalue weighted by Crippen LogP contribution is 2.23. The molecule has 0 fully saturated rings. The van der Waals surface area contributed by atoms with Gasteiger partial charge in [-0.05, 0) is 13.8 Å². The zero-order valence-corrected chi connectivity index (χ0v) is 10.8. The lowest BCUT2D eigenvalue weighted by Crippen LogP contribution is -2.08. The molecule has 2 rings (SSSR count). The molecule has 0 amide bonds. The Balaban J connectivity index is 2.64. The van der Waals surface area contributed by atoms with E-state index in [0.29, 0.717) is 11.8 Å². The molecule has 7 nitrogen and oxygen atoms in total. The highest BCUT2D eigenvalue weighted by Gasteiger charge is 2.11. The average molecular weight is 247 g/mol. The summed E-state index contributed by atoms with van der Waals surface area (Å²) in [6, 6.07) is 0. The summed E-state index contributed by atoms with van der Waals surface area (Å²) in [5.74, 6) is 1.99. The number of aromatic nitrogens is 4. The van der Waals surface area contributed by atoms with Crippen LogP contribution in [0.25, 0.3) is 11.0 Å². The molecule has 0 bridgehead atoms. The van der Waals surface area contributed by atoms with Crippen LogP contribution in [0.1, 0.15) is 13.8 Å². The van der Waals surface area contributed by atoms with E-state index in [1.165, 1.54) is 6.33 Å². The molecule has 96 valence electrons. The molecule has 0 unspecified atom stereocenters. The summed E-state index contributed by atoms with van der Waals surface area (Å²) in [4.78, 5) is 17.2. The zero-order chi connectivity index (χ0) is 13.0. The Kier molecular flexibility index (Phi) is 3.71. The first-order chi connectivity index (χ1) is 8.80. The van der Waals surface area contributed by atoms with E-state index in [-0.39, 0.29) is 0 Å². The highest BCUT2D eigenvalue weighted by atomic mass is 15.2. The SMILES string of the molecule is CCNc1nc(NC)nc2c(NCC)ncnc12. The molecule has 0 aliphatic heterocycles. The number of fused-ring (bicyclic) bond motifs is 1. The minimum atomic E-state index is 0.549. The third-order valence-corrected chi connectivity index (χ3v) is 2.39. The fourth-order valence-corrected chi connectivity index (χ4v) is 1.65. The molecule has 2 heterocycles. The minimum absolute atomic E-state index is 0.549. The predicted octanol–water partition coefficient (Wildman–Crippen LogP) is 1.33.